The number of rotatable bonds is 5. The van der Waals surface area contributed by atoms with Gasteiger partial charge in [0, 0.05) is 17.3 Å². The lowest BCUT2D eigenvalue weighted by molar-refractivity contribution is 0.0951. The number of carbonyl (C=O) groups is 1. The van der Waals surface area contributed by atoms with Crippen molar-refractivity contribution in [3.8, 4) is 0 Å². The van der Waals surface area contributed by atoms with E-state index in [0.717, 1.165) is 24.6 Å². The lowest BCUT2D eigenvalue weighted by Crippen LogP contribution is -2.25. The van der Waals surface area contributed by atoms with Gasteiger partial charge in [-0.25, -0.2) is 8.42 Å². The van der Waals surface area contributed by atoms with Gasteiger partial charge in [-0.1, -0.05) is 6.07 Å². The Kier molecular flexibility index (Phi) is 3.89. The molecule has 0 aliphatic heterocycles. The quantitative estimate of drug-likeness (QED) is 0.714. The van der Waals surface area contributed by atoms with Crippen LogP contribution in [0.15, 0.2) is 47.4 Å². The Morgan fingerprint density at radius 2 is 1.84 bits per heavy atom. The highest BCUT2D eigenvalue weighted by Crippen LogP contribution is 2.24. The number of anilines is 1. The van der Waals surface area contributed by atoms with Gasteiger partial charge in [0.2, 0.25) is 0 Å². The van der Waals surface area contributed by atoms with Crippen LogP contribution in [0, 0.1) is 0 Å². The van der Waals surface area contributed by atoms with Crippen LogP contribution in [0.25, 0.3) is 11.0 Å². The molecule has 25 heavy (non-hydrogen) atoms. The monoisotopic (exact) mass is 374 g/mol. The number of nitrogens with one attached hydrogen (secondary N) is 2. The summed E-state index contributed by atoms with van der Waals surface area (Å²) < 4.78 is 35.9. The van der Waals surface area contributed by atoms with Gasteiger partial charge in [0.1, 0.15) is 15.9 Å². The van der Waals surface area contributed by atoms with E-state index in [4.69, 9.17) is 0 Å². The van der Waals surface area contributed by atoms with Crippen LogP contribution < -0.4 is 10.0 Å². The number of hydrogen-bond acceptors (Lipinski definition) is 6. The van der Waals surface area contributed by atoms with Gasteiger partial charge in [0.05, 0.1) is 11.7 Å². The first kappa shape index (κ1) is 16.0. The van der Waals surface area contributed by atoms with Gasteiger partial charge in [-0.15, -0.1) is 0 Å². The summed E-state index contributed by atoms with van der Waals surface area (Å²) in [6.07, 6.45) is 2.03. The molecule has 9 heteroatoms. The van der Waals surface area contributed by atoms with Crippen LogP contribution in [0.4, 0.5) is 5.69 Å². The zero-order valence-corrected chi connectivity index (χ0v) is 14.6. The summed E-state index contributed by atoms with van der Waals surface area (Å²) in [6.45, 7) is 0. The van der Waals surface area contributed by atoms with Crippen molar-refractivity contribution in [2.75, 3.05) is 4.72 Å². The molecule has 2 aromatic carbocycles. The van der Waals surface area contributed by atoms with Crippen LogP contribution in [0.2, 0.25) is 0 Å². The number of carbonyl (C=O) groups excluding carboxylic acids is 1. The normalized spacial score (nSPS) is 14.4. The van der Waals surface area contributed by atoms with Crippen LogP contribution in [0.1, 0.15) is 23.2 Å². The summed E-state index contributed by atoms with van der Waals surface area (Å²) in [6, 6.07) is 11.4. The van der Waals surface area contributed by atoms with Crippen LogP contribution in [-0.2, 0) is 10.0 Å². The molecule has 1 aromatic heterocycles. The minimum atomic E-state index is -3.80. The highest BCUT2D eigenvalue weighted by atomic mass is 32.2. The van der Waals surface area contributed by atoms with Crippen molar-refractivity contribution in [1.82, 2.24) is 14.1 Å². The maximum Gasteiger partial charge on any atom is 0.264 e. The first-order valence-corrected chi connectivity index (χ1v) is 9.89. The molecule has 0 radical (unpaired) electrons. The summed E-state index contributed by atoms with van der Waals surface area (Å²) in [5.74, 6) is -0.143. The van der Waals surface area contributed by atoms with Gasteiger partial charge in [-0.05, 0) is 49.2 Å². The molecule has 3 aromatic rings. The number of aromatic nitrogens is 2. The average Bonchev–Trinajstić information content (AvgIpc) is 3.27. The van der Waals surface area contributed by atoms with E-state index < -0.39 is 10.0 Å². The largest absolute Gasteiger partial charge is 0.349 e. The Morgan fingerprint density at radius 1 is 1.08 bits per heavy atom. The molecule has 4 rings (SSSR count). The molecule has 1 fully saturated rings. The van der Waals surface area contributed by atoms with E-state index in [2.05, 4.69) is 18.8 Å². The van der Waals surface area contributed by atoms with Crippen LogP contribution in [0.5, 0.6) is 0 Å². The molecule has 1 aliphatic rings. The Bertz CT molecular complexity index is 1040. The zero-order valence-electron chi connectivity index (χ0n) is 13.0. The third-order valence-electron chi connectivity index (χ3n) is 3.85. The van der Waals surface area contributed by atoms with Crippen molar-refractivity contribution in [1.29, 1.82) is 0 Å². The number of hydrogen-bond donors (Lipinski definition) is 2. The standard InChI is InChI=1S/C16H14N4O3S2/c21-16(17-11-8-9-11)10-4-6-12(7-5-10)20-25(22,23)14-3-1-2-13-15(14)19-24-18-13/h1-7,11,20H,8-9H2,(H,17,21). The van der Waals surface area contributed by atoms with Gasteiger partial charge in [-0.3, -0.25) is 9.52 Å². The maximum absolute atomic E-state index is 12.6. The lowest BCUT2D eigenvalue weighted by Gasteiger charge is -2.09. The highest BCUT2D eigenvalue weighted by molar-refractivity contribution is 7.93. The third-order valence-corrected chi connectivity index (χ3v) is 5.81. The smallest absolute Gasteiger partial charge is 0.264 e. The van der Waals surface area contributed by atoms with Gasteiger partial charge >= 0.3 is 0 Å². The second-order valence-electron chi connectivity index (χ2n) is 5.82. The molecule has 1 saturated carbocycles. The number of sulfonamides is 1. The number of benzene rings is 2. The van der Waals surface area contributed by atoms with Crippen molar-refractivity contribution in [3.63, 3.8) is 0 Å². The Hall–Kier alpha value is -2.52. The van der Waals surface area contributed by atoms with Gasteiger partial charge in [0.15, 0.2) is 0 Å². The fourth-order valence-electron chi connectivity index (χ4n) is 2.39. The van der Waals surface area contributed by atoms with E-state index in [0.29, 0.717) is 22.3 Å². The molecule has 2 N–H and O–H groups in total. The number of fused-ring (bicyclic) bond motifs is 1. The fraction of sp³-hybridized carbons (Fsp3) is 0.188. The topological polar surface area (TPSA) is 101 Å². The Labute approximate surface area is 148 Å². The predicted octanol–water partition coefficient (Wildman–Crippen LogP) is 2.38. The molecular formula is C16H14N4O3S2. The minimum Gasteiger partial charge on any atom is -0.349 e. The first-order valence-electron chi connectivity index (χ1n) is 7.68. The van der Waals surface area contributed by atoms with E-state index in [1.165, 1.54) is 6.07 Å². The van der Waals surface area contributed by atoms with Crippen molar-refractivity contribution >= 4 is 44.4 Å². The van der Waals surface area contributed by atoms with Crippen LogP contribution >= 0.6 is 11.7 Å². The summed E-state index contributed by atoms with van der Waals surface area (Å²) >= 11 is 0.968. The van der Waals surface area contributed by atoms with Crippen molar-refractivity contribution < 1.29 is 13.2 Å². The van der Waals surface area contributed by atoms with Gasteiger partial charge < -0.3 is 5.32 Å². The second kappa shape index (κ2) is 6.08. The molecule has 0 spiro atoms. The van der Waals surface area contributed by atoms with E-state index in [-0.39, 0.29) is 16.8 Å². The van der Waals surface area contributed by atoms with E-state index in [1.807, 2.05) is 0 Å². The van der Waals surface area contributed by atoms with E-state index in [1.54, 1.807) is 36.4 Å². The Balaban J connectivity index is 1.56. The molecule has 128 valence electrons. The van der Waals surface area contributed by atoms with Crippen LogP contribution in [0.3, 0.4) is 0 Å². The summed E-state index contributed by atoms with van der Waals surface area (Å²) in [5.41, 5.74) is 1.77. The SMILES string of the molecule is O=C(NC1CC1)c1ccc(NS(=O)(=O)c2cccc3nsnc23)cc1. The van der Waals surface area contributed by atoms with Gasteiger partial charge in [0.25, 0.3) is 15.9 Å². The molecule has 1 amide bonds. The molecular weight excluding hydrogens is 360 g/mol. The molecule has 7 nitrogen and oxygen atoms in total. The third kappa shape index (κ3) is 3.33. The molecule has 0 unspecified atom stereocenters. The molecule has 0 saturated heterocycles. The van der Waals surface area contributed by atoms with E-state index >= 15 is 0 Å². The minimum absolute atomic E-state index is 0.0781. The van der Waals surface area contributed by atoms with Crippen molar-refractivity contribution in [2.45, 2.75) is 23.8 Å². The van der Waals surface area contributed by atoms with E-state index in [9.17, 15) is 13.2 Å². The maximum atomic E-state index is 12.6. The fourth-order valence-corrected chi connectivity index (χ4v) is 4.22. The molecule has 0 atom stereocenters. The van der Waals surface area contributed by atoms with Crippen molar-refractivity contribution in [2.24, 2.45) is 0 Å². The Morgan fingerprint density at radius 3 is 2.56 bits per heavy atom. The number of amides is 1. The summed E-state index contributed by atoms with van der Waals surface area (Å²) in [4.78, 5) is 12.0. The van der Waals surface area contributed by atoms with Crippen molar-refractivity contribution in [3.05, 3.63) is 48.0 Å². The molecule has 1 heterocycles. The average molecular weight is 374 g/mol. The number of nitrogens with zero attached hydrogens (tertiary/aromatic N) is 2. The van der Waals surface area contributed by atoms with Crippen LogP contribution in [-0.4, -0.2) is 29.1 Å². The summed E-state index contributed by atoms with van der Waals surface area (Å²) in [5, 5.41) is 2.89. The first-order chi connectivity index (χ1) is 12.0. The highest BCUT2D eigenvalue weighted by Gasteiger charge is 2.24. The zero-order chi connectivity index (χ0) is 17.4. The predicted molar refractivity (Wildman–Crippen MR) is 95.2 cm³/mol. The molecule has 1 aliphatic carbocycles. The van der Waals surface area contributed by atoms with Gasteiger partial charge in [-0.2, -0.15) is 8.75 Å². The lowest BCUT2D eigenvalue weighted by atomic mass is 10.2. The summed E-state index contributed by atoms with van der Waals surface area (Å²) in [7, 11) is -3.80. The molecule has 0 bridgehead atoms. The second-order valence-corrected chi connectivity index (χ2v) is 8.00.